The molecule has 0 radical (unpaired) electrons. The first-order valence-corrected chi connectivity index (χ1v) is 9.18. The van der Waals surface area contributed by atoms with E-state index in [1.807, 2.05) is 6.07 Å². The molecule has 1 aliphatic rings. The van der Waals surface area contributed by atoms with Gasteiger partial charge in [0, 0.05) is 16.7 Å². The molecule has 0 aliphatic heterocycles. The average molecular weight is 309 g/mol. The molecule has 0 amide bonds. The number of thioether (sulfide) groups is 1. The minimum absolute atomic E-state index is 0.139. The van der Waals surface area contributed by atoms with Crippen LogP contribution in [0, 0.1) is 23.6 Å². The Kier molecular flexibility index (Phi) is 6.56. The van der Waals surface area contributed by atoms with E-state index in [2.05, 4.69) is 26.1 Å². The third-order valence-electron chi connectivity index (χ3n) is 4.48. The lowest BCUT2D eigenvalue weighted by Gasteiger charge is -2.37. The highest BCUT2D eigenvalue weighted by atomic mass is 32.2. The molecule has 118 valence electrons. The monoisotopic (exact) mass is 309 g/mol. The summed E-state index contributed by atoms with van der Waals surface area (Å²) in [6.07, 6.45) is 4.02. The number of rotatable bonds is 6. The molecule has 1 fully saturated rings. The van der Waals surface area contributed by atoms with Gasteiger partial charge in [-0.3, -0.25) is 0 Å². The van der Waals surface area contributed by atoms with Gasteiger partial charge in [-0.2, -0.15) is 0 Å². The Hall–Kier alpha value is -0.540. The molecule has 1 saturated carbocycles. The van der Waals surface area contributed by atoms with Crippen LogP contribution in [0.25, 0.3) is 0 Å². The smallest absolute Gasteiger partial charge is 0.124 e. The third-order valence-corrected chi connectivity index (χ3v) is 5.59. The second kappa shape index (κ2) is 8.19. The fraction of sp³-hybridized carbons (Fsp3) is 0.667. The molecule has 1 nitrogen and oxygen atoms in total. The normalized spacial score (nSPS) is 27.5. The van der Waals surface area contributed by atoms with Crippen molar-refractivity contribution in [1.29, 1.82) is 0 Å². The van der Waals surface area contributed by atoms with Crippen molar-refractivity contribution in [3.05, 3.63) is 30.1 Å². The second-order valence-electron chi connectivity index (χ2n) is 6.61. The number of halogens is 1. The molecule has 0 aromatic heterocycles. The summed E-state index contributed by atoms with van der Waals surface area (Å²) in [5.74, 6) is 3.31. The van der Waals surface area contributed by atoms with E-state index in [0.29, 0.717) is 6.04 Å². The summed E-state index contributed by atoms with van der Waals surface area (Å²) in [4.78, 5) is 1.04. The van der Waals surface area contributed by atoms with E-state index in [9.17, 15) is 4.39 Å². The van der Waals surface area contributed by atoms with Crippen molar-refractivity contribution in [1.82, 2.24) is 5.32 Å². The van der Waals surface area contributed by atoms with Crippen molar-refractivity contribution in [2.24, 2.45) is 17.8 Å². The van der Waals surface area contributed by atoms with Gasteiger partial charge in [-0.05, 0) is 61.8 Å². The molecule has 0 heterocycles. The van der Waals surface area contributed by atoms with Crippen LogP contribution in [-0.2, 0) is 0 Å². The minimum atomic E-state index is -0.139. The van der Waals surface area contributed by atoms with Gasteiger partial charge in [-0.15, -0.1) is 11.8 Å². The molecular weight excluding hydrogens is 281 g/mol. The zero-order chi connectivity index (χ0) is 15.2. The first-order valence-electron chi connectivity index (χ1n) is 8.20. The van der Waals surface area contributed by atoms with Crippen molar-refractivity contribution in [2.45, 2.75) is 51.0 Å². The fourth-order valence-electron chi connectivity index (χ4n) is 3.70. The van der Waals surface area contributed by atoms with Gasteiger partial charge in [-0.25, -0.2) is 4.39 Å². The van der Waals surface area contributed by atoms with Gasteiger partial charge in [0.25, 0.3) is 0 Å². The number of nitrogens with one attached hydrogen (secondary N) is 1. The molecule has 3 heteroatoms. The minimum Gasteiger partial charge on any atom is -0.313 e. The predicted octanol–water partition coefficient (Wildman–Crippen LogP) is 4.97. The van der Waals surface area contributed by atoms with Crippen LogP contribution in [0.2, 0.25) is 0 Å². The van der Waals surface area contributed by atoms with E-state index in [4.69, 9.17) is 0 Å². The summed E-state index contributed by atoms with van der Waals surface area (Å²) in [6, 6.07) is 7.48. The van der Waals surface area contributed by atoms with Gasteiger partial charge in [0.1, 0.15) is 5.82 Å². The summed E-state index contributed by atoms with van der Waals surface area (Å²) in [7, 11) is 0. The van der Waals surface area contributed by atoms with Gasteiger partial charge < -0.3 is 5.32 Å². The molecule has 2 rings (SSSR count). The number of hydrogen-bond acceptors (Lipinski definition) is 2. The van der Waals surface area contributed by atoms with Crippen LogP contribution in [0.15, 0.2) is 29.2 Å². The Bertz CT molecular complexity index is 427. The van der Waals surface area contributed by atoms with Crippen LogP contribution in [-0.4, -0.2) is 18.3 Å². The van der Waals surface area contributed by atoms with E-state index in [1.54, 1.807) is 23.9 Å². The first kappa shape index (κ1) is 16.8. The van der Waals surface area contributed by atoms with Crippen LogP contribution in [0.5, 0.6) is 0 Å². The van der Waals surface area contributed by atoms with Crippen molar-refractivity contribution in [3.63, 3.8) is 0 Å². The molecule has 0 spiro atoms. The maximum atomic E-state index is 13.3. The Morgan fingerprint density at radius 2 is 1.95 bits per heavy atom. The first-order chi connectivity index (χ1) is 10.1. The quantitative estimate of drug-likeness (QED) is 0.745. The highest BCUT2D eigenvalue weighted by Crippen LogP contribution is 2.36. The van der Waals surface area contributed by atoms with Crippen LogP contribution in [0.3, 0.4) is 0 Å². The van der Waals surface area contributed by atoms with Crippen LogP contribution in [0.4, 0.5) is 4.39 Å². The van der Waals surface area contributed by atoms with Crippen molar-refractivity contribution >= 4 is 11.8 Å². The van der Waals surface area contributed by atoms with E-state index in [-0.39, 0.29) is 5.82 Å². The van der Waals surface area contributed by atoms with E-state index in [0.717, 1.165) is 34.9 Å². The largest absolute Gasteiger partial charge is 0.313 e. The van der Waals surface area contributed by atoms with Gasteiger partial charge in [0.05, 0.1) is 0 Å². The maximum absolute atomic E-state index is 13.3. The van der Waals surface area contributed by atoms with Crippen molar-refractivity contribution in [2.75, 3.05) is 12.3 Å². The number of hydrogen-bond donors (Lipinski definition) is 1. The standard InChI is InChI=1S/C18H28FNS/c1-4-20-18(15-9-13(2)8-14(3)10-15)12-21-17-7-5-6-16(19)11-17/h5-7,11,13-15,18,20H,4,8-10,12H2,1-3H3. The van der Waals surface area contributed by atoms with E-state index in [1.165, 1.54) is 25.3 Å². The molecule has 21 heavy (non-hydrogen) atoms. The molecule has 1 aromatic carbocycles. The molecule has 3 unspecified atom stereocenters. The molecule has 1 N–H and O–H groups in total. The molecule has 0 bridgehead atoms. The molecule has 0 saturated heterocycles. The summed E-state index contributed by atoms with van der Waals surface area (Å²) in [6.45, 7) is 7.94. The van der Waals surface area contributed by atoms with Crippen molar-refractivity contribution in [3.8, 4) is 0 Å². The lowest BCUT2D eigenvalue weighted by atomic mass is 9.74. The van der Waals surface area contributed by atoms with Gasteiger partial charge in [0.15, 0.2) is 0 Å². The summed E-state index contributed by atoms with van der Waals surface area (Å²) in [5, 5.41) is 3.66. The van der Waals surface area contributed by atoms with Gasteiger partial charge in [0.2, 0.25) is 0 Å². The summed E-state index contributed by atoms with van der Waals surface area (Å²) in [5.41, 5.74) is 0. The Labute approximate surface area is 133 Å². The Balaban J connectivity index is 1.95. The van der Waals surface area contributed by atoms with Crippen molar-refractivity contribution < 1.29 is 4.39 Å². The summed E-state index contributed by atoms with van der Waals surface area (Å²) < 4.78 is 13.3. The zero-order valence-corrected chi connectivity index (χ0v) is 14.3. The highest BCUT2D eigenvalue weighted by Gasteiger charge is 2.29. The maximum Gasteiger partial charge on any atom is 0.124 e. The van der Waals surface area contributed by atoms with Crippen LogP contribution >= 0.6 is 11.8 Å². The zero-order valence-electron chi connectivity index (χ0n) is 13.4. The predicted molar refractivity (Wildman–Crippen MR) is 90.3 cm³/mol. The molecular formula is C18H28FNS. The lowest BCUT2D eigenvalue weighted by Crippen LogP contribution is -2.41. The molecule has 3 atom stereocenters. The summed E-state index contributed by atoms with van der Waals surface area (Å²) >= 11 is 1.78. The highest BCUT2D eigenvalue weighted by molar-refractivity contribution is 7.99. The van der Waals surface area contributed by atoms with E-state index < -0.39 is 0 Å². The molecule has 1 aromatic rings. The Morgan fingerprint density at radius 3 is 2.57 bits per heavy atom. The van der Waals surface area contributed by atoms with Crippen LogP contribution in [0.1, 0.15) is 40.0 Å². The average Bonchev–Trinajstić information content (AvgIpc) is 2.42. The SMILES string of the molecule is CCNC(CSc1cccc(F)c1)C1CC(C)CC(C)C1. The molecule has 1 aliphatic carbocycles. The lowest BCUT2D eigenvalue weighted by molar-refractivity contribution is 0.185. The van der Waals surface area contributed by atoms with Crippen LogP contribution < -0.4 is 5.32 Å². The Morgan fingerprint density at radius 1 is 1.24 bits per heavy atom. The topological polar surface area (TPSA) is 12.0 Å². The number of benzene rings is 1. The van der Waals surface area contributed by atoms with Gasteiger partial charge >= 0.3 is 0 Å². The second-order valence-corrected chi connectivity index (χ2v) is 7.70. The van der Waals surface area contributed by atoms with E-state index >= 15 is 0 Å². The third kappa shape index (κ3) is 5.30. The fourth-order valence-corrected chi connectivity index (χ4v) is 4.84. The van der Waals surface area contributed by atoms with Gasteiger partial charge in [-0.1, -0.05) is 26.8 Å².